The molecule has 3 aromatic rings. The van der Waals surface area contributed by atoms with Gasteiger partial charge in [-0.1, -0.05) is 33.8 Å². The molecule has 0 saturated heterocycles. The van der Waals surface area contributed by atoms with Crippen molar-refractivity contribution in [2.75, 3.05) is 6.54 Å². The van der Waals surface area contributed by atoms with E-state index >= 15 is 0 Å². The Balaban J connectivity index is 1.92. The van der Waals surface area contributed by atoms with E-state index in [1.807, 2.05) is 24.5 Å². The Morgan fingerprint density at radius 1 is 1.16 bits per heavy atom. The molecule has 0 atom stereocenters. The lowest BCUT2D eigenvalue weighted by atomic mass is 10.1. The monoisotopic (exact) mass is 387 g/mol. The van der Waals surface area contributed by atoms with Crippen LogP contribution in [0.4, 0.5) is 0 Å². The standard InChI is InChI=1S/C21H14BrN3/c22-15-3-6-20-18(13-15)17-4-5-19-14(2-1-9-24-19)12-21(17)25(20)16-7-10-23-11-8-16/h1-4,6-8,10-13,24H,9H2. The molecule has 2 aromatic heterocycles. The van der Waals surface area contributed by atoms with E-state index in [1.54, 1.807) is 0 Å². The lowest BCUT2D eigenvalue weighted by molar-refractivity contribution is 0.906. The second kappa shape index (κ2) is 5.62. The molecule has 2 aliphatic rings. The molecule has 1 aliphatic heterocycles. The molecule has 25 heavy (non-hydrogen) atoms. The minimum absolute atomic E-state index is 0.842. The van der Waals surface area contributed by atoms with Crippen LogP contribution in [-0.2, 0) is 0 Å². The van der Waals surface area contributed by atoms with Crippen LogP contribution in [0, 0.1) is 0 Å². The Morgan fingerprint density at radius 3 is 2.92 bits per heavy atom. The number of nitrogens with one attached hydrogen (secondary N) is 1. The first kappa shape index (κ1) is 14.5. The van der Waals surface area contributed by atoms with Gasteiger partial charge in [0.1, 0.15) is 0 Å². The highest BCUT2D eigenvalue weighted by molar-refractivity contribution is 9.10. The Hall–Kier alpha value is -2.81. The second-order valence-electron chi connectivity index (χ2n) is 6.05. The summed E-state index contributed by atoms with van der Waals surface area (Å²) in [6.07, 6.45) is 12.3. The van der Waals surface area contributed by atoms with Crippen molar-refractivity contribution in [2.45, 2.75) is 0 Å². The number of fused-ring (bicyclic) bond motifs is 4. The number of rotatable bonds is 1. The average Bonchev–Trinajstić information content (AvgIpc) is 2.81. The van der Waals surface area contributed by atoms with Gasteiger partial charge in [0.05, 0.1) is 16.9 Å². The van der Waals surface area contributed by atoms with Crippen molar-refractivity contribution in [1.82, 2.24) is 14.9 Å². The van der Waals surface area contributed by atoms with Gasteiger partial charge in [-0.25, -0.2) is 0 Å². The molecule has 5 rings (SSSR count). The highest BCUT2D eigenvalue weighted by atomic mass is 79.9. The third-order valence-corrected chi connectivity index (χ3v) is 5.06. The van der Waals surface area contributed by atoms with E-state index in [0.717, 1.165) is 33.7 Å². The predicted molar refractivity (Wildman–Crippen MR) is 105 cm³/mol. The minimum atomic E-state index is 0.842. The summed E-state index contributed by atoms with van der Waals surface area (Å²) < 4.78 is 3.36. The van der Waals surface area contributed by atoms with Crippen LogP contribution in [0.3, 0.4) is 0 Å². The Morgan fingerprint density at radius 2 is 2.04 bits per heavy atom. The highest BCUT2D eigenvalue weighted by Crippen LogP contribution is 2.35. The van der Waals surface area contributed by atoms with Gasteiger partial charge in [-0.15, -0.1) is 0 Å². The van der Waals surface area contributed by atoms with Crippen LogP contribution >= 0.6 is 15.9 Å². The van der Waals surface area contributed by atoms with E-state index in [9.17, 15) is 0 Å². The number of benzene rings is 1. The average molecular weight is 388 g/mol. The van der Waals surface area contributed by atoms with Gasteiger partial charge < -0.3 is 9.88 Å². The van der Waals surface area contributed by atoms with E-state index in [0.29, 0.717) is 0 Å². The molecule has 3 heterocycles. The largest absolute Gasteiger partial charge is 0.375 e. The van der Waals surface area contributed by atoms with Crippen LogP contribution in [-0.4, -0.2) is 16.1 Å². The Bertz CT molecular complexity index is 1130. The molecule has 0 spiro atoms. The van der Waals surface area contributed by atoms with E-state index in [4.69, 9.17) is 0 Å². The summed E-state index contributed by atoms with van der Waals surface area (Å²) in [5.74, 6) is 0. The zero-order chi connectivity index (χ0) is 16.8. The Labute approximate surface area is 153 Å². The third-order valence-electron chi connectivity index (χ3n) is 4.56. The van der Waals surface area contributed by atoms with Crippen LogP contribution in [0.5, 0.6) is 0 Å². The van der Waals surface area contributed by atoms with Gasteiger partial charge in [0.2, 0.25) is 0 Å². The fraction of sp³-hybridized carbons (Fsp3) is 0.0476. The number of halogens is 1. The van der Waals surface area contributed by atoms with Crippen molar-refractivity contribution in [3.8, 4) is 5.69 Å². The van der Waals surface area contributed by atoms with Crippen molar-refractivity contribution >= 4 is 39.0 Å². The molecular weight excluding hydrogens is 374 g/mol. The molecule has 0 fully saturated rings. The summed E-state index contributed by atoms with van der Waals surface area (Å²) in [4.78, 5) is 4.16. The quantitative estimate of drug-likeness (QED) is 0.605. The maximum Gasteiger partial charge on any atom is 0.0850 e. The molecule has 0 saturated carbocycles. The highest BCUT2D eigenvalue weighted by Gasteiger charge is 2.19. The summed E-state index contributed by atoms with van der Waals surface area (Å²) in [5.41, 5.74) is 10.2. The van der Waals surface area contributed by atoms with E-state index in [1.165, 1.54) is 16.5 Å². The zero-order valence-corrected chi connectivity index (χ0v) is 14.9. The lowest BCUT2D eigenvalue weighted by Crippen LogP contribution is -2.17. The van der Waals surface area contributed by atoms with Gasteiger partial charge in [0, 0.05) is 45.6 Å². The molecule has 0 amide bonds. The topological polar surface area (TPSA) is 29.9 Å². The van der Waals surface area contributed by atoms with Crippen LogP contribution in [0.1, 0.15) is 11.3 Å². The maximum absolute atomic E-state index is 4.16. The van der Waals surface area contributed by atoms with Gasteiger partial charge in [0.25, 0.3) is 0 Å². The molecule has 1 aliphatic carbocycles. The van der Waals surface area contributed by atoms with Crippen molar-refractivity contribution in [3.63, 3.8) is 0 Å². The second-order valence-corrected chi connectivity index (χ2v) is 6.96. The van der Waals surface area contributed by atoms with Crippen LogP contribution in [0.15, 0.2) is 76.4 Å². The van der Waals surface area contributed by atoms with Crippen LogP contribution in [0.2, 0.25) is 0 Å². The molecule has 1 N–H and O–H groups in total. The number of pyridine rings is 1. The van der Waals surface area contributed by atoms with Gasteiger partial charge in [-0.3, -0.25) is 4.98 Å². The minimum Gasteiger partial charge on any atom is -0.375 e. The molecule has 0 radical (unpaired) electrons. The van der Waals surface area contributed by atoms with E-state index in [-0.39, 0.29) is 0 Å². The first-order valence-electron chi connectivity index (χ1n) is 8.15. The van der Waals surface area contributed by atoms with Crippen molar-refractivity contribution in [1.29, 1.82) is 0 Å². The number of hydrogen-bond acceptors (Lipinski definition) is 2. The molecule has 0 bridgehead atoms. The van der Waals surface area contributed by atoms with Gasteiger partial charge in [-0.05, 0) is 42.5 Å². The lowest BCUT2D eigenvalue weighted by Gasteiger charge is -2.14. The first-order valence-corrected chi connectivity index (χ1v) is 8.94. The fourth-order valence-electron chi connectivity index (χ4n) is 3.45. The van der Waals surface area contributed by atoms with Gasteiger partial charge in [-0.2, -0.15) is 0 Å². The van der Waals surface area contributed by atoms with E-state index in [2.05, 4.69) is 79.0 Å². The third kappa shape index (κ3) is 2.30. The number of allylic oxidation sites excluding steroid dienone is 1. The maximum atomic E-state index is 4.16. The van der Waals surface area contributed by atoms with Crippen LogP contribution in [0.25, 0.3) is 28.7 Å². The number of aromatic nitrogens is 2. The SMILES string of the molecule is Brc1ccc2c(c1)c1c(n2-c2ccncc2)C=C2C=CCNC2=C=C1. The molecular formula is C21H14BrN3. The summed E-state index contributed by atoms with van der Waals surface area (Å²) in [6, 6.07) is 10.5. The van der Waals surface area contributed by atoms with Crippen molar-refractivity contribution in [2.24, 2.45) is 0 Å². The van der Waals surface area contributed by atoms with Gasteiger partial charge >= 0.3 is 0 Å². The summed E-state index contributed by atoms with van der Waals surface area (Å²) in [5, 5.41) is 4.60. The molecule has 0 unspecified atom stereocenters. The zero-order valence-electron chi connectivity index (χ0n) is 13.3. The van der Waals surface area contributed by atoms with Crippen molar-refractivity contribution < 1.29 is 0 Å². The van der Waals surface area contributed by atoms with Gasteiger partial charge in [0.15, 0.2) is 0 Å². The molecule has 4 heteroatoms. The normalized spacial score (nSPS) is 15.1. The fourth-order valence-corrected chi connectivity index (χ4v) is 3.81. The number of nitrogens with zero attached hydrogens (tertiary/aromatic N) is 2. The molecule has 3 nitrogen and oxygen atoms in total. The Kier molecular flexibility index (Phi) is 3.27. The first-order chi connectivity index (χ1) is 12.3. The van der Waals surface area contributed by atoms with Crippen molar-refractivity contribution in [3.05, 3.63) is 87.6 Å². The summed E-state index contributed by atoms with van der Waals surface area (Å²) in [7, 11) is 0. The predicted octanol–water partition coefficient (Wildman–Crippen LogP) is 4.84. The molecule has 120 valence electrons. The van der Waals surface area contributed by atoms with Crippen LogP contribution < -0.4 is 5.32 Å². The summed E-state index contributed by atoms with van der Waals surface area (Å²) >= 11 is 3.61. The van der Waals surface area contributed by atoms with E-state index < -0.39 is 0 Å². The molecule has 1 aromatic carbocycles. The summed E-state index contributed by atoms with van der Waals surface area (Å²) in [6.45, 7) is 0.842. The smallest absolute Gasteiger partial charge is 0.0850 e. The number of hydrogen-bond donors (Lipinski definition) is 1.